The van der Waals surface area contributed by atoms with Crippen LogP contribution in [0.5, 0.6) is 0 Å². The standard InChI is InChI=1S/C22H25ClFN3O2/c23-19-14-18(8-9-20(19)26-10-2-1-3-11-26)25-22(28)27-12-13-29-21(15-27)16-4-6-17(24)7-5-16/h4-9,14,21H,1-3,10-13,15H2,(H,25,28). The summed E-state index contributed by atoms with van der Waals surface area (Å²) in [5.41, 5.74) is 2.55. The van der Waals surface area contributed by atoms with E-state index in [1.165, 1.54) is 31.4 Å². The molecule has 2 aliphatic rings. The Morgan fingerprint density at radius 2 is 1.83 bits per heavy atom. The second kappa shape index (κ2) is 9.01. The maximum atomic E-state index is 13.2. The zero-order chi connectivity index (χ0) is 20.2. The molecule has 2 amide bonds. The van der Waals surface area contributed by atoms with Gasteiger partial charge < -0.3 is 19.9 Å². The number of hydrogen-bond acceptors (Lipinski definition) is 3. The number of halogens is 2. The number of carbonyl (C=O) groups excluding carboxylic acids is 1. The van der Waals surface area contributed by atoms with Crippen LogP contribution in [0.15, 0.2) is 42.5 Å². The second-order valence-electron chi connectivity index (χ2n) is 7.50. The smallest absolute Gasteiger partial charge is 0.322 e. The molecule has 0 aliphatic carbocycles. The third-order valence-corrected chi connectivity index (χ3v) is 5.79. The van der Waals surface area contributed by atoms with E-state index in [0.717, 1.165) is 24.3 Å². The molecule has 2 aliphatic heterocycles. The molecular weight excluding hydrogens is 393 g/mol. The van der Waals surface area contributed by atoms with Gasteiger partial charge in [0.2, 0.25) is 0 Å². The number of benzene rings is 2. The molecule has 0 spiro atoms. The molecule has 0 saturated carbocycles. The Morgan fingerprint density at radius 1 is 1.07 bits per heavy atom. The first-order chi connectivity index (χ1) is 14.1. The summed E-state index contributed by atoms with van der Waals surface area (Å²) in [6.45, 7) is 3.39. The van der Waals surface area contributed by atoms with E-state index in [2.05, 4.69) is 10.2 Å². The van der Waals surface area contributed by atoms with Crippen molar-refractivity contribution in [2.45, 2.75) is 25.4 Å². The van der Waals surface area contributed by atoms with Crippen LogP contribution in [-0.4, -0.2) is 43.7 Å². The molecule has 7 heteroatoms. The Kier molecular flexibility index (Phi) is 6.21. The molecule has 5 nitrogen and oxygen atoms in total. The van der Waals surface area contributed by atoms with Crippen molar-refractivity contribution in [3.8, 4) is 0 Å². The van der Waals surface area contributed by atoms with Crippen molar-refractivity contribution in [3.05, 3.63) is 58.9 Å². The molecule has 2 saturated heterocycles. The lowest BCUT2D eigenvalue weighted by atomic mass is 10.1. The number of nitrogens with zero attached hydrogens (tertiary/aromatic N) is 2. The summed E-state index contributed by atoms with van der Waals surface area (Å²) in [5.74, 6) is -0.288. The van der Waals surface area contributed by atoms with Gasteiger partial charge >= 0.3 is 6.03 Å². The first kappa shape index (κ1) is 20.0. The van der Waals surface area contributed by atoms with Gasteiger partial charge in [0.25, 0.3) is 0 Å². The van der Waals surface area contributed by atoms with Crippen molar-refractivity contribution in [1.29, 1.82) is 0 Å². The maximum Gasteiger partial charge on any atom is 0.322 e. The molecule has 4 rings (SSSR count). The van der Waals surface area contributed by atoms with Crippen molar-refractivity contribution in [3.63, 3.8) is 0 Å². The zero-order valence-electron chi connectivity index (χ0n) is 16.2. The van der Waals surface area contributed by atoms with E-state index < -0.39 is 0 Å². The van der Waals surface area contributed by atoms with Gasteiger partial charge in [-0.2, -0.15) is 0 Å². The lowest BCUT2D eigenvalue weighted by Gasteiger charge is -2.33. The highest BCUT2D eigenvalue weighted by molar-refractivity contribution is 6.33. The predicted molar refractivity (Wildman–Crippen MR) is 113 cm³/mol. The van der Waals surface area contributed by atoms with Gasteiger partial charge in [-0.15, -0.1) is 0 Å². The fraction of sp³-hybridized carbons (Fsp3) is 0.409. The largest absolute Gasteiger partial charge is 0.370 e. The van der Waals surface area contributed by atoms with Gasteiger partial charge in [-0.1, -0.05) is 23.7 Å². The molecule has 1 N–H and O–H groups in total. The topological polar surface area (TPSA) is 44.8 Å². The van der Waals surface area contributed by atoms with E-state index in [-0.39, 0.29) is 18.0 Å². The number of urea groups is 1. The number of nitrogens with one attached hydrogen (secondary N) is 1. The van der Waals surface area contributed by atoms with Gasteiger partial charge in [-0.3, -0.25) is 0 Å². The summed E-state index contributed by atoms with van der Waals surface area (Å²) in [6, 6.07) is 11.7. The number of ether oxygens (including phenoxy) is 1. The number of rotatable bonds is 3. The average molecular weight is 418 g/mol. The molecule has 0 radical (unpaired) electrons. The van der Waals surface area contributed by atoms with Crippen molar-refractivity contribution in [2.24, 2.45) is 0 Å². The van der Waals surface area contributed by atoms with Crippen molar-refractivity contribution >= 4 is 29.0 Å². The normalized spacial score (nSPS) is 19.9. The van der Waals surface area contributed by atoms with E-state index in [4.69, 9.17) is 16.3 Å². The molecule has 0 bridgehead atoms. The quantitative estimate of drug-likeness (QED) is 0.757. The minimum atomic E-state index is -0.288. The van der Waals surface area contributed by atoms with Crippen LogP contribution in [0.4, 0.5) is 20.6 Å². The van der Waals surface area contributed by atoms with Crippen molar-refractivity contribution in [2.75, 3.05) is 43.0 Å². The highest BCUT2D eigenvalue weighted by Crippen LogP contribution is 2.31. The summed E-state index contributed by atoms with van der Waals surface area (Å²) in [7, 11) is 0. The van der Waals surface area contributed by atoms with Crippen LogP contribution in [-0.2, 0) is 4.74 Å². The molecule has 2 aromatic carbocycles. The second-order valence-corrected chi connectivity index (χ2v) is 7.91. The first-order valence-corrected chi connectivity index (χ1v) is 10.5. The van der Waals surface area contributed by atoms with Gasteiger partial charge in [-0.05, 0) is 55.2 Å². The van der Waals surface area contributed by atoms with Crippen LogP contribution in [0, 0.1) is 5.82 Å². The van der Waals surface area contributed by atoms with Crippen molar-refractivity contribution in [1.82, 2.24) is 4.90 Å². The molecule has 2 fully saturated rings. The maximum absolute atomic E-state index is 13.2. The summed E-state index contributed by atoms with van der Waals surface area (Å²) in [5, 5.41) is 3.58. The number of piperidine rings is 1. The molecule has 0 aromatic heterocycles. The number of anilines is 2. The summed E-state index contributed by atoms with van der Waals surface area (Å²) in [6.07, 6.45) is 3.36. The molecule has 2 aromatic rings. The van der Waals surface area contributed by atoms with Crippen molar-refractivity contribution < 1.29 is 13.9 Å². The Labute approximate surface area is 175 Å². The van der Waals surface area contributed by atoms with Gasteiger partial charge in [0.1, 0.15) is 11.9 Å². The number of carbonyl (C=O) groups is 1. The van der Waals surface area contributed by atoms with E-state index in [0.29, 0.717) is 30.4 Å². The SMILES string of the molecule is O=C(Nc1ccc(N2CCCCC2)c(Cl)c1)N1CCOC(c2ccc(F)cc2)C1. The number of hydrogen-bond donors (Lipinski definition) is 1. The number of morpholine rings is 1. The van der Waals surface area contributed by atoms with Gasteiger partial charge in [0, 0.05) is 25.3 Å². The molecule has 1 atom stereocenters. The van der Waals surface area contributed by atoms with Gasteiger partial charge in [-0.25, -0.2) is 9.18 Å². The average Bonchev–Trinajstić information content (AvgIpc) is 2.75. The Morgan fingerprint density at radius 3 is 2.55 bits per heavy atom. The molecule has 2 heterocycles. The minimum absolute atomic E-state index is 0.192. The fourth-order valence-corrected chi connectivity index (χ4v) is 4.19. The third-order valence-electron chi connectivity index (χ3n) is 5.49. The highest BCUT2D eigenvalue weighted by atomic mass is 35.5. The van der Waals surface area contributed by atoms with E-state index >= 15 is 0 Å². The van der Waals surface area contributed by atoms with E-state index in [9.17, 15) is 9.18 Å². The number of amides is 2. The van der Waals surface area contributed by atoms with Crippen LogP contribution in [0.2, 0.25) is 5.02 Å². The van der Waals surface area contributed by atoms with Crippen LogP contribution in [0.25, 0.3) is 0 Å². The van der Waals surface area contributed by atoms with Crippen LogP contribution < -0.4 is 10.2 Å². The van der Waals surface area contributed by atoms with E-state index in [1.807, 2.05) is 12.1 Å². The summed E-state index contributed by atoms with van der Waals surface area (Å²) >= 11 is 6.49. The lowest BCUT2D eigenvalue weighted by Crippen LogP contribution is -2.44. The van der Waals surface area contributed by atoms with Crippen LogP contribution in [0.3, 0.4) is 0 Å². The Bertz CT molecular complexity index is 856. The molecular formula is C22H25ClFN3O2. The fourth-order valence-electron chi connectivity index (χ4n) is 3.89. The highest BCUT2D eigenvalue weighted by Gasteiger charge is 2.25. The summed E-state index contributed by atoms with van der Waals surface area (Å²) < 4.78 is 18.9. The molecule has 1 unspecified atom stereocenters. The van der Waals surface area contributed by atoms with Gasteiger partial charge in [0.15, 0.2) is 0 Å². The Balaban J connectivity index is 1.39. The molecule has 29 heavy (non-hydrogen) atoms. The van der Waals surface area contributed by atoms with Crippen LogP contribution in [0.1, 0.15) is 30.9 Å². The monoisotopic (exact) mass is 417 g/mol. The third kappa shape index (κ3) is 4.82. The Hall–Kier alpha value is -2.31. The summed E-state index contributed by atoms with van der Waals surface area (Å²) in [4.78, 5) is 16.8. The minimum Gasteiger partial charge on any atom is -0.370 e. The van der Waals surface area contributed by atoms with Gasteiger partial charge in [0.05, 0.1) is 23.9 Å². The van der Waals surface area contributed by atoms with Crippen LogP contribution >= 0.6 is 11.6 Å². The first-order valence-electron chi connectivity index (χ1n) is 10.1. The lowest BCUT2D eigenvalue weighted by molar-refractivity contribution is -0.0135. The van der Waals surface area contributed by atoms with E-state index in [1.54, 1.807) is 23.1 Å². The molecule has 154 valence electrons. The predicted octanol–water partition coefficient (Wildman–Crippen LogP) is 5.07. The zero-order valence-corrected chi connectivity index (χ0v) is 17.0.